The van der Waals surface area contributed by atoms with Gasteiger partial charge in [0.25, 0.3) is 5.91 Å². The minimum absolute atomic E-state index is 0.0215. The fraction of sp³-hybridized carbons (Fsp3) is 0.417. The molecule has 0 atom stereocenters. The van der Waals surface area contributed by atoms with Crippen molar-refractivity contribution in [3.8, 4) is 0 Å². The van der Waals surface area contributed by atoms with Crippen molar-refractivity contribution in [3.63, 3.8) is 0 Å². The van der Waals surface area contributed by atoms with E-state index < -0.39 is 0 Å². The Bertz CT molecular complexity index is 544. The van der Waals surface area contributed by atoms with Crippen LogP contribution in [0.2, 0.25) is 0 Å². The van der Waals surface area contributed by atoms with Gasteiger partial charge in [-0.2, -0.15) is 5.10 Å². The minimum Gasteiger partial charge on any atom is -0.328 e. The van der Waals surface area contributed by atoms with Crippen LogP contribution in [0.3, 0.4) is 0 Å². The van der Waals surface area contributed by atoms with Crippen LogP contribution in [0.1, 0.15) is 25.3 Å². The highest BCUT2D eigenvalue weighted by Crippen LogP contribution is 2.30. The van der Waals surface area contributed by atoms with E-state index in [4.69, 9.17) is 12.2 Å². The highest BCUT2D eigenvalue weighted by atomic mass is 32.1. The van der Waals surface area contributed by atoms with Gasteiger partial charge in [-0.25, -0.2) is 0 Å². The maximum absolute atomic E-state index is 12.2. The van der Waals surface area contributed by atoms with E-state index in [1.165, 1.54) is 0 Å². The average Bonchev–Trinajstić information content (AvgIpc) is 3.00. The number of nitrogens with one attached hydrogen (secondary N) is 1. The smallest absolute Gasteiger partial charge is 0.276 e. The zero-order valence-corrected chi connectivity index (χ0v) is 10.9. The Hall–Kier alpha value is -1.69. The van der Waals surface area contributed by atoms with Crippen LogP contribution in [0.25, 0.3) is 6.08 Å². The van der Waals surface area contributed by atoms with Crippen LogP contribution >= 0.6 is 12.2 Å². The van der Waals surface area contributed by atoms with Crippen molar-refractivity contribution in [2.75, 3.05) is 0 Å². The quantitative estimate of drug-likeness (QED) is 0.655. The molecule has 2 heterocycles. The van der Waals surface area contributed by atoms with Gasteiger partial charge >= 0.3 is 0 Å². The summed E-state index contributed by atoms with van der Waals surface area (Å²) in [7, 11) is 0. The molecule has 1 saturated heterocycles. The molecule has 1 amide bonds. The Balaban J connectivity index is 1.84. The van der Waals surface area contributed by atoms with E-state index in [0.717, 1.165) is 24.9 Å². The zero-order valence-electron chi connectivity index (χ0n) is 10.1. The van der Waals surface area contributed by atoms with Gasteiger partial charge in [0.05, 0.1) is 6.20 Å². The van der Waals surface area contributed by atoms with Gasteiger partial charge in [0.2, 0.25) is 0 Å². The number of hydrogen-bond acceptors (Lipinski definition) is 3. The Morgan fingerprint density at radius 1 is 1.61 bits per heavy atom. The summed E-state index contributed by atoms with van der Waals surface area (Å²) < 4.78 is 1.82. The first-order valence-electron chi connectivity index (χ1n) is 6.07. The Labute approximate surface area is 110 Å². The van der Waals surface area contributed by atoms with E-state index in [1.54, 1.807) is 17.2 Å². The monoisotopic (exact) mass is 262 g/mol. The number of carbonyl (C=O) groups is 1. The molecule has 0 radical (unpaired) electrons. The van der Waals surface area contributed by atoms with Crippen molar-refractivity contribution >= 4 is 29.3 Å². The normalized spacial score (nSPS) is 21.8. The van der Waals surface area contributed by atoms with Crippen LogP contribution in [-0.2, 0) is 11.3 Å². The van der Waals surface area contributed by atoms with Gasteiger partial charge in [0.1, 0.15) is 5.70 Å². The third-order valence-corrected chi connectivity index (χ3v) is 3.41. The van der Waals surface area contributed by atoms with Crippen molar-refractivity contribution in [2.45, 2.75) is 32.4 Å². The first kappa shape index (κ1) is 11.4. The van der Waals surface area contributed by atoms with Gasteiger partial charge in [0.15, 0.2) is 5.11 Å². The highest BCUT2D eigenvalue weighted by molar-refractivity contribution is 7.80. The van der Waals surface area contributed by atoms with Crippen molar-refractivity contribution < 1.29 is 4.79 Å². The first-order chi connectivity index (χ1) is 8.69. The zero-order chi connectivity index (χ0) is 12.7. The molecule has 18 heavy (non-hydrogen) atoms. The molecular formula is C12H14N4OS. The van der Waals surface area contributed by atoms with E-state index in [1.807, 2.05) is 17.8 Å². The van der Waals surface area contributed by atoms with Crippen molar-refractivity contribution in [1.29, 1.82) is 0 Å². The van der Waals surface area contributed by atoms with Crippen LogP contribution in [0.4, 0.5) is 0 Å². The maximum Gasteiger partial charge on any atom is 0.276 e. The number of amides is 1. The summed E-state index contributed by atoms with van der Waals surface area (Å²) in [5.41, 5.74) is 1.45. The van der Waals surface area contributed by atoms with Crippen LogP contribution in [0.15, 0.2) is 18.1 Å². The number of carbonyl (C=O) groups excluding carboxylic acids is 1. The lowest BCUT2D eigenvalue weighted by molar-refractivity contribution is -0.122. The summed E-state index contributed by atoms with van der Waals surface area (Å²) in [6, 6.07) is 0.307. The second-order valence-electron chi connectivity index (χ2n) is 4.52. The molecule has 0 bridgehead atoms. The molecule has 94 valence electrons. The lowest BCUT2D eigenvalue weighted by atomic mass is 10.3. The summed E-state index contributed by atoms with van der Waals surface area (Å²) in [5, 5.41) is 7.68. The molecule has 1 N–H and O–H groups in total. The predicted octanol–water partition coefficient (Wildman–Crippen LogP) is 1.12. The van der Waals surface area contributed by atoms with Crippen LogP contribution in [0.5, 0.6) is 0 Å². The van der Waals surface area contributed by atoms with E-state index in [0.29, 0.717) is 16.9 Å². The van der Waals surface area contributed by atoms with Crippen molar-refractivity contribution in [3.05, 3.63) is 23.7 Å². The lowest BCUT2D eigenvalue weighted by Gasteiger charge is -2.11. The van der Waals surface area contributed by atoms with Gasteiger partial charge in [-0.3, -0.25) is 14.4 Å². The van der Waals surface area contributed by atoms with Gasteiger partial charge in [-0.05, 0) is 38.1 Å². The summed E-state index contributed by atoms with van der Waals surface area (Å²) in [6.45, 7) is 2.84. The fourth-order valence-electron chi connectivity index (χ4n) is 2.01. The van der Waals surface area contributed by atoms with Gasteiger partial charge in [0, 0.05) is 24.3 Å². The minimum atomic E-state index is -0.0215. The molecule has 1 aliphatic carbocycles. The Kier molecular flexibility index (Phi) is 2.66. The number of thiocarbonyl (C=S) groups is 1. The second kappa shape index (κ2) is 4.20. The average molecular weight is 262 g/mol. The number of aromatic nitrogens is 2. The van der Waals surface area contributed by atoms with Gasteiger partial charge in [-0.1, -0.05) is 0 Å². The number of aryl methyl sites for hydroxylation is 1. The summed E-state index contributed by atoms with van der Waals surface area (Å²) >= 11 is 5.19. The standard InChI is InChI=1S/C12H14N4OS/c1-2-15-7-8(6-13-15)5-10-11(17)16(9-3-4-9)12(18)14-10/h5-7,9H,2-4H2,1H3,(H,14,18)/b10-5-. The molecule has 0 spiro atoms. The van der Waals surface area contributed by atoms with E-state index >= 15 is 0 Å². The topological polar surface area (TPSA) is 50.2 Å². The molecule has 5 nitrogen and oxygen atoms in total. The highest BCUT2D eigenvalue weighted by Gasteiger charge is 2.41. The molecule has 6 heteroatoms. The molecule has 1 aromatic heterocycles. The summed E-state index contributed by atoms with van der Waals surface area (Å²) in [5.74, 6) is -0.0215. The first-order valence-corrected chi connectivity index (χ1v) is 6.48. The van der Waals surface area contributed by atoms with E-state index in [2.05, 4.69) is 10.4 Å². The molecule has 2 aliphatic rings. The van der Waals surface area contributed by atoms with Gasteiger partial charge in [-0.15, -0.1) is 0 Å². The third-order valence-electron chi connectivity index (χ3n) is 3.11. The Morgan fingerprint density at radius 2 is 2.39 bits per heavy atom. The second-order valence-corrected chi connectivity index (χ2v) is 4.91. The van der Waals surface area contributed by atoms with Crippen LogP contribution in [-0.4, -0.2) is 31.7 Å². The van der Waals surface area contributed by atoms with Crippen LogP contribution in [0, 0.1) is 0 Å². The van der Waals surface area contributed by atoms with Crippen molar-refractivity contribution in [1.82, 2.24) is 20.0 Å². The number of rotatable bonds is 3. The van der Waals surface area contributed by atoms with E-state index in [-0.39, 0.29) is 5.91 Å². The van der Waals surface area contributed by atoms with E-state index in [9.17, 15) is 4.79 Å². The molecule has 1 aromatic rings. The number of nitrogens with zero attached hydrogens (tertiary/aromatic N) is 3. The third kappa shape index (κ3) is 1.92. The molecule has 1 aliphatic heterocycles. The van der Waals surface area contributed by atoms with Crippen LogP contribution < -0.4 is 5.32 Å². The maximum atomic E-state index is 12.2. The molecule has 3 rings (SSSR count). The predicted molar refractivity (Wildman–Crippen MR) is 71.5 cm³/mol. The SMILES string of the molecule is CCn1cc(/C=C2\NC(=S)N(C3CC3)C2=O)cn1. The fourth-order valence-corrected chi connectivity index (χ4v) is 2.35. The largest absolute Gasteiger partial charge is 0.328 e. The molecule has 1 saturated carbocycles. The molecule has 2 fully saturated rings. The number of hydrogen-bond donors (Lipinski definition) is 1. The molecule has 0 unspecified atom stereocenters. The van der Waals surface area contributed by atoms with Gasteiger partial charge < -0.3 is 5.32 Å². The lowest BCUT2D eigenvalue weighted by Crippen LogP contribution is -2.32. The molecule has 0 aromatic carbocycles. The Morgan fingerprint density at radius 3 is 3.00 bits per heavy atom. The summed E-state index contributed by atoms with van der Waals surface area (Å²) in [6.07, 6.45) is 7.55. The summed E-state index contributed by atoms with van der Waals surface area (Å²) in [4.78, 5) is 13.8. The van der Waals surface area contributed by atoms with Crippen molar-refractivity contribution in [2.24, 2.45) is 0 Å². The molecular weight excluding hydrogens is 248 g/mol.